The predicted octanol–water partition coefficient (Wildman–Crippen LogP) is 5.23. The van der Waals surface area contributed by atoms with Gasteiger partial charge in [0.1, 0.15) is 45.9 Å². The summed E-state index contributed by atoms with van der Waals surface area (Å²) in [5.41, 5.74) is 0.130. The van der Waals surface area contributed by atoms with Crippen LogP contribution in [-0.2, 0) is 9.84 Å². The van der Waals surface area contributed by atoms with Gasteiger partial charge in [-0.3, -0.25) is 0 Å². The van der Waals surface area contributed by atoms with Gasteiger partial charge in [-0.25, -0.2) is 18.4 Å². The SMILES string of the molecule is Cc1ccc(C=Nc2cc(S(=O)(=O)c3ccc(O)c(N=Cc4ccc(C)o4)c3)ccc2O)o1. The standard InChI is InChI=1S/C24H20N2O6S/c1-15-3-5-17(31-15)13-25-21-11-19(7-9-23(21)27)33(29,30)20-8-10-24(28)22(12-20)26-14-18-6-4-16(2)32-18/h3-14,27-28H,1-2H3. The first-order chi connectivity index (χ1) is 15.7. The first-order valence-corrected chi connectivity index (χ1v) is 11.3. The number of aryl methyl sites for hydroxylation is 2. The van der Waals surface area contributed by atoms with Crippen LogP contribution in [-0.4, -0.2) is 31.1 Å². The minimum atomic E-state index is -3.99. The molecular formula is C24H20N2O6S. The maximum atomic E-state index is 13.2. The molecule has 2 aromatic heterocycles. The van der Waals surface area contributed by atoms with E-state index in [1.165, 1.54) is 48.8 Å². The lowest BCUT2D eigenvalue weighted by Gasteiger charge is -2.08. The number of phenolic OH excluding ortho intramolecular Hbond substituents is 2. The number of aliphatic imine (C=N–C) groups is 2. The van der Waals surface area contributed by atoms with Crippen molar-refractivity contribution in [2.45, 2.75) is 23.6 Å². The second-order valence-electron chi connectivity index (χ2n) is 7.22. The summed E-state index contributed by atoms with van der Waals surface area (Å²) in [5.74, 6) is 1.97. The number of sulfone groups is 1. The Bertz CT molecular complexity index is 1370. The molecule has 2 N–H and O–H groups in total. The van der Waals surface area contributed by atoms with Crippen LogP contribution in [0.25, 0.3) is 0 Å². The molecule has 33 heavy (non-hydrogen) atoms. The second-order valence-corrected chi connectivity index (χ2v) is 9.17. The highest BCUT2D eigenvalue weighted by Gasteiger charge is 2.20. The Morgan fingerprint density at radius 3 is 1.48 bits per heavy atom. The van der Waals surface area contributed by atoms with Crippen molar-refractivity contribution in [1.82, 2.24) is 0 Å². The molecule has 9 heteroatoms. The molecule has 0 aliphatic carbocycles. The molecule has 8 nitrogen and oxygen atoms in total. The van der Waals surface area contributed by atoms with Crippen molar-refractivity contribution >= 4 is 33.6 Å². The Morgan fingerprint density at radius 1 is 0.697 bits per heavy atom. The summed E-state index contributed by atoms with van der Waals surface area (Å²) in [6.45, 7) is 3.57. The maximum Gasteiger partial charge on any atom is 0.206 e. The third-order valence-corrected chi connectivity index (χ3v) is 6.45. The molecule has 0 saturated heterocycles. The number of furan rings is 2. The van der Waals surface area contributed by atoms with E-state index in [2.05, 4.69) is 9.98 Å². The first-order valence-electron chi connectivity index (χ1n) is 9.84. The van der Waals surface area contributed by atoms with Gasteiger partial charge in [-0.05, 0) is 74.5 Å². The minimum absolute atomic E-state index is 0.0651. The quantitative estimate of drug-likeness (QED) is 0.376. The summed E-state index contributed by atoms with van der Waals surface area (Å²) >= 11 is 0. The van der Waals surface area contributed by atoms with Crippen LogP contribution in [0.3, 0.4) is 0 Å². The molecule has 0 aliphatic rings. The second kappa shape index (κ2) is 8.79. The van der Waals surface area contributed by atoms with Crippen molar-refractivity contribution in [3.63, 3.8) is 0 Å². The number of phenols is 2. The van der Waals surface area contributed by atoms with Gasteiger partial charge in [-0.15, -0.1) is 0 Å². The highest BCUT2D eigenvalue weighted by atomic mass is 32.2. The van der Waals surface area contributed by atoms with E-state index in [1.807, 2.05) is 0 Å². The highest BCUT2D eigenvalue weighted by molar-refractivity contribution is 7.91. The molecule has 168 valence electrons. The third-order valence-electron chi connectivity index (χ3n) is 4.70. The Morgan fingerprint density at radius 2 is 1.12 bits per heavy atom. The molecular weight excluding hydrogens is 444 g/mol. The van der Waals surface area contributed by atoms with Crippen LogP contribution in [0.1, 0.15) is 23.0 Å². The molecule has 2 heterocycles. The van der Waals surface area contributed by atoms with E-state index < -0.39 is 9.84 Å². The van der Waals surface area contributed by atoms with E-state index in [0.29, 0.717) is 23.0 Å². The molecule has 0 fully saturated rings. The number of rotatable bonds is 6. The van der Waals surface area contributed by atoms with Crippen molar-refractivity contribution in [1.29, 1.82) is 0 Å². The van der Waals surface area contributed by atoms with Gasteiger partial charge in [0.2, 0.25) is 9.84 Å². The van der Waals surface area contributed by atoms with Crippen molar-refractivity contribution in [2.24, 2.45) is 9.98 Å². The fourth-order valence-corrected chi connectivity index (χ4v) is 4.30. The number of aromatic hydroxyl groups is 2. The van der Waals surface area contributed by atoms with Crippen LogP contribution in [0.2, 0.25) is 0 Å². The van der Waals surface area contributed by atoms with Gasteiger partial charge < -0.3 is 19.0 Å². The summed E-state index contributed by atoms with van der Waals surface area (Å²) in [7, 11) is -3.99. The molecule has 0 unspecified atom stereocenters. The Balaban J connectivity index is 1.66. The van der Waals surface area contributed by atoms with E-state index in [0.717, 1.165) is 0 Å². The monoisotopic (exact) mass is 464 g/mol. The van der Waals surface area contributed by atoms with Gasteiger partial charge >= 0.3 is 0 Å². The van der Waals surface area contributed by atoms with Gasteiger partial charge in [0.05, 0.1) is 22.2 Å². The third kappa shape index (κ3) is 4.88. The van der Waals surface area contributed by atoms with Crippen LogP contribution in [0.4, 0.5) is 11.4 Å². The number of benzene rings is 2. The molecule has 0 atom stereocenters. The number of hydrogen-bond donors (Lipinski definition) is 2. The van der Waals surface area contributed by atoms with Crippen molar-refractivity contribution in [2.75, 3.05) is 0 Å². The fourth-order valence-electron chi connectivity index (χ4n) is 3.00. The van der Waals surface area contributed by atoms with Gasteiger partial charge in [0, 0.05) is 0 Å². The van der Waals surface area contributed by atoms with E-state index in [-0.39, 0.29) is 32.7 Å². The summed E-state index contributed by atoms with van der Waals surface area (Å²) < 4.78 is 37.2. The normalized spacial score (nSPS) is 12.2. The van der Waals surface area contributed by atoms with Crippen molar-refractivity contribution in [3.05, 3.63) is 83.7 Å². The Labute approximate surface area is 190 Å². The van der Waals surface area contributed by atoms with Gasteiger partial charge in [0.15, 0.2) is 0 Å². The molecule has 0 amide bonds. The summed E-state index contributed by atoms with van der Waals surface area (Å²) in [4.78, 5) is 8.14. The zero-order chi connectivity index (χ0) is 23.6. The summed E-state index contributed by atoms with van der Waals surface area (Å²) in [6.07, 6.45) is 2.78. The molecule has 4 aromatic rings. The summed E-state index contributed by atoms with van der Waals surface area (Å²) in [5, 5.41) is 20.2. The van der Waals surface area contributed by atoms with Crippen molar-refractivity contribution < 1.29 is 27.5 Å². The lowest BCUT2D eigenvalue weighted by Crippen LogP contribution is -2.01. The molecule has 0 radical (unpaired) electrons. The fraction of sp³-hybridized carbons (Fsp3) is 0.0833. The van der Waals surface area contributed by atoms with Crippen LogP contribution in [0, 0.1) is 13.8 Å². The average Bonchev–Trinajstić information content (AvgIpc) is 3.39. The number of nitrogens with zero attached hydrogens (tertiary/aromatic N) is 2. The smallest absolute Gasteiger partial charge is 0.206 e. The largest absolute Gasteiger partial charge is 0.506 e. The zero-order valence-corrected chi connectivity index (χ0v) is 18.6. The molecule has 0 saturated carbocycles. The van der Waals surface area contributed by atoms with E-state index in [4.69, 9.17) is 8.83 Å². The highest BCUT2D eigenvalue weighted by Crippen LogP contribution is 2.35. The molecule has 2 aromatic carbocycles. The van der Waals surface area contributed by atoms with E-state index >= 15 is 0 Å². The molecule has 0 aliphatic heterocycles. The topological polar surface area (TPSA) is 126 Å². The molecule has 0 bridgehead atoms. The van der Waals surface area contributed by atoms with Gasteiger partial charge in [-0.2, -0.15) is 0 Å². The van der Waals surface area contributed by atoms with Crippen molar-refractivity contribution in [3.8, 4) is 11.5 Å². The van der Waals surface area contributed by atoms with Crippen LogP contribution in [0.15, 0.2) is 89.3 Å². The minimum Gasteiger partial charge on any atom is -0.506 e. The maximum absolute atomic E-state index is 13.2. The van der Waals surface area contributed by atoms with Crippen LogP contribution >= 0.6 is 0 Å². The predicted molar refractivity (Wildman–Crippen MR) is 123 cm³/mol. The first kappa shape index (κ1) is 22.1. The molecule has 0 spiro atoms. The molecule has 4 rings (SSSR count). The Kier molecular flexibility index (Phi) is 5.89. The summed E-state index contributed by atoms with van der Waals surface area (Å²) in [6, 6.07) is 14.5. The van der Waals surface area contributed by atoms with E-state index in [1.54, 1.807) is 38.1 Å². The zero-order valence-electron chi connectivity index (χ0n) is 17.8. The van der Waals surface area contributed by atoms with Gasteiger partial charge in [0.25, 0.3) is 0 Å². The van der Waals surface area contributed by atoms with Crippen LogP contribution in [0.5, 0.6) is 11.5 Å². The average molecular weight is 464 g/mol. The Hall–Kier alpha value is -4.11. The number of hydrogen-bond acceptors (Lipinski definition) is 8. The van der Waals surface area contributed by atoms with E-state index in [9.17, 15) is 18.6 Å². The lowest BCUT2D eigenvalue weighted by molar-refractivity contribution is 0.476. The lowest BCUT2D eigenvalue weighted by atomic mass is 10.3. The van der Waals surface area contributed by atoms with Gasteiger partial charge in [-0.1, -0.05) is 0 Å². The van der Waals surface area contributed by atoms with Crippen LogP contribution < -0.4 is 0 Å².